The first-order valence-corrected chi connectivity index (χ1v) is 6.99. The maximum Gasteiger partial charge on any atom is 0.335 e. The van der Waals surface area contributed by atoms with Crippen LogP contribution in [0, 0.1) is 13.8 Å². The topological polar surface area (TPSA) is 92.9 Å². The Morgan fingerprint density at radius 1 is 1.13 bits per heavy atom. The van der Waals surface area contributed by atoms with Gasteiger partial charge in [0.25, 0.3) is 0 Å². The molecular formula is C16H15N5O2. The summed E-state index contributed by atoms with van der Waals surface area (Å²) in [6.07, 6.45) is 1.46. The van der Waals surface area contributed by atoms with Crippen LogP contribution in [0.15, 0.2) is 42.7 Å². The van der Waals surface area contributed by atoms with E-state index in [9.17, 15) is 4.79 Å². The third kappa shape index (κ3) is 3.18. The number of rotatable bonds is 4. The molecule has 0 spiro atoms. The molecule has 116 valence electrons. The minimum Gasteiger partial charge on any atom is -0.478 e. The standard InChI is InChI=1S/C16H15N5O2/c1-10-7-11(2)21(20-10)15-8-14(17-9-18-15)19-13-5-3-12(4-6-13)16(22)23/h3-9H,1-2H3,(H,22,23)(H,17,18,19). The van der Waals surface area contributed by atoms with Gasteiger partial charge in [-0.05, 0) is 44.2 Å². The Hall–Kier alpha value is -3.22. The van der Waals surface area contributed by atoms with Gasteiger partial charge in [0.15, 0.2) is 5.82 Å². The lowest BCUT2D eigenvalue weighted by molar-refractivity contribution is 0.0697. The van der Waals surface area contributed by atoms with Crippen LogP contribution in [0.3, 0.4) is 0 Å². The number of hydrogen-bond acceptors (Lipinski definition) is 5. The minimum atomic E-state index is -0.953. The molecule has 0 aliphatic carbocycles. The van der Waals surface area contributed by atoms with Gasteiger partial charge in [-0.15, -0.1) is 0 Å². The number of aryl methyl sites for hydroxylation is 2. The van der Waals surface area contributed by atoms with Crippen molar-refractivity contribution in [3.8, 4) is 5.82 Å². The van der Waals surface area contributed by atoms with Crippen molar-refractivity contribution in [2.75, 3.05) is 5.32 Å². The Bertz CT molecular complexity index is 855. The molecule has 0 saturated carbocycles. The lowest BCUT2D eigenvalue weighted by Gasteiger charge is -2.08. The third-order valence-corrected chi connectivity index (χ3v) is 3.28. The van der Waals surface area contributed by atoms with Crippen LogP contribution >= 0.6 is 0 Å². The highest BCUT2D eigenvalue weighted by Gasteiger charge is 2.07. The lowest BCUT2D eigenvalue weighted by Crippen LogP contribution is -2.04. The van der Waals surface area contributed by atoms with E-state index >= 15 is 0 Å². The number of benzene rings is 1. The first kappa shape index (κ1) is 14.7. The highest BCUT2D eigenvalue weighted by atomic mass is 16.4. The number of nitrogens with zero attached hydrogens (tertiary/aromatic N) is 4. The number of aromatic nitrogens is 4. The van der Waals surface area contributed by atoms with E-state index in [2.05, 4.69) is 20.4 Å². The normalized spacial score (nSPS) is 10.5. The quantitative estimate of drug-likeness (QED) is 0.769. The first-order valence-electron chi connectivity index (χ1n) is 6.99. The molecule has 3 rings (SSSR count). The number of carboxylic acid groups (broad SMARTS) is 1. The second kappa shape index (κ2) is 5.88. The van der Waals surface area contributed by atoms with E-state index in [0.29, 0.717) is 11.6 Å². The van der Waals surface area contributed by atoms with Crippen LogP contribution in [-0.4, -0.2) is 30.8 Å². The number of anilines is 2. The van der Waals surface area contributed by atoms with Crippen LogP contribution < -0.4 is 5.32 Å². The lowest BCUT2D eigenvalue weighted by atomic mass is 10.2. The molecule has 0 atom stereocenters. The van der Waals surface area contributed by atoms with Gasteiger partial charge in [-0.3, -0.25) is 0 Å². The maximum absolute atomic E-state index is 10.9. The number of nitrogens with one attached hydrogen (secondary N) is 1. The van der Waals surface area contributed by atoms with E-state index in [-0.39, 0.29) is 5.56 Å². The van der Waals surface area contributed by atoms with Crippen molar-refractivity contribution in [1.82, 2.24) is 19.7 Å². The summed E-state index contributed by atoms with van der Waals surface area (Å²) in [5.74, 6) is 0.311. The van der Waals surface area contributed by atoms with E-state index in [1.165, 1.54) is 18.5 Å². The van der Waals surface area contributed by atoms with E-state index in [1.54, 1.807) is 22.9 Å². The Labute approximate surface area is 132 Å². The van der Waals surface area contributed by atoms with Gasteiger partial charge >= 0.3 is 5.97 Å². The summed E-state index contributed by atoms with van der Waals surface area (Å²) >= 11 is 0. The van der Waals surface area contributed by atoms with Crippen molar-refractivity contribution in [3.05, 3.63) is 59.7 Å². The van der Waals surface area contributed by atoms with Crippen molar-refractivity contribution in [2.45, 2.75) is 13.8 Å². The predicted octanol–water partition coefficient (Wildman–Crippen LogP) is 2.72. The summed E-state index contributed by atoms with van der Waals surface area (Å²) in [4.78, 5) is 19.3. The zero-order valence-corrected chi connectivity index (χ0v) is 12.7. The van der Waals surface area contributed by atoms with Gasteiger partial charge in [-0.2, -0.15) is 5.10 Å². The summed E-state index contributed by atoms with van der Waals surface area (Å²) in [5.41, 5.74) is 2.88. The van der Waals surface area contributed by atoms with E-state index in [4.69, 9.17) is 5.11 Å². The first-order chi connectivity index (χ1) is 11.0. The third-order valence-electron chi connectivity index (χ3n) is 3.28. The summed E-state index contributed by atoms with van der Waals surface area (Å²) in [6.45, 7) is 3.88. The van der Waals surface area contributed by atoms with Crippen LogP contribution in [0.1, 0.15) is 21.7 Å². The summed E-state index contributed by atoms with van der Waals surface area (Å²) in [6, 6.07) is 10.2. The van der Waals surface area contributed by atoms with Gasteiger partial charge in [0.05, 0.1) is 11.3 Å². The van der Waals surface area contributed by atoms with E-state index in [1.807, 2.05) is 19.9 Å². The van der Waals surface area contributed by atoms with Crippen LogP contribution in [0.4, 0.5) is 11.5 Å². The van der Waals surface area contributed by atoms with E-state index in [0.717, 1.165) is 17.1 Å². The molecule has 0 saturated heterocycles. The molecule has 0 radical (unpaired) electrons. The zero-order valence-electron chi connectivity index (χ0n) is 12.7. The molecule has 3 aromatic rings. The molecule has 7 heteroatoms. The van der Waals surface area contributed by atoms with Gasteiger partial charge in [-0.1, -0.05) is 0 Å². The molecule has 0 aliphatic rings. The predicted molar refractivity (Wildman–Crippen MR) is 85.3 cm³/mol. The molecule has 2 aromatic heterocycles. The molecule has 1 aromatic carbocycles. The van der Waals surface area contributed by atoms with Crippen LogP contribution in [0.5, 0.6) is 0 Å². The minimum absolute atomic E-state index is 0.238. The zero-order chi connectivity index (χ0) is 16.4. The fourth-order valence-corrected chi connectivity index (χ4v) is 2.24. The molecular weight excluding hydrogens is 294 g/mol. The van der Waals surface area contributed by atoms with Gasteiger partial charge in [0.2, 0.25) is 0 Å². The van der Waals surface area contributed by atoms with Crippen molar-refractivity contribution >= 4 is 17.5 Å². The second-order valence-corrected chi connectivity index (χ2v) is 5.11. The molecule has 0 aliphatic heterocycles. The van der Waals surface area contributed by atoms with Gasteiger partial charge < -0.3 is 10.4 Å². The Morgan fingerprint density at radius 2 is 1.87 bits per heavy atom. The molecule has 0 amide bonds. The fraction of sp³-hybridized carbons (Fsp3) is 0.125. The van der Waals surface area contributed by atoms with E-state index < -0.39 is 5.97 Å². The van der Waals surface area contributed by atoms with Crippen molar-refractivity contribution in [3.63, 3.8) is 0 Å². The Morgan fingerprint density at radius 3 is 2.48 bits per heavy atom. The highest BCUT2D eigenvalue weighted by Crippen LogP contribution is 2.17. The van der Waals surface area contributed by atoms with Crippen LogP contribution in [0.25, 0.3) is 5.82 Å². The maximum atomic E-state index is 10.9. The number of aromatic carboxylic acids is 1. The van der Waals surface area contributed by atoms with Gasteiger partial charge in [0, 0.05) is 17.4 Å². The van der Waals surface area contributed by atoms with Crippen molar-refractivity contribution < 1.29 is 9.90 Å². The van der Waals surface area contributed by atoms with Crippen LogP contribution in [0.2, 0.25) is 0 Å². The number of carbonyl (C=O) groups is 1. The number of carboxylic acids is 1. The van der Waals surface area contributed by atoms with Crippen molar-refractivity contribution in [1.29, 1.82) is 0 Å². The Kier molecular flexibility index (Phi) is 3.76. The molecule has 23 heavy (non-hydrogen) atoms. The smallest absolute Gasteiger partial charge is 0.335 e. The average Bonchev–Trinajstić information content (AvgIpc) is 2.87. The molecule has 0 unspecified atom stereocenters. The molecule has 7 nitrogen and oxygen atoms in total. The summed E-state index contributed by atoms with van der Waals surface area (Å²) in [7, 11) is 0. The SMILES string of the molecule is Cc1cc(C)n(-c2cc(Nc3ccc(C(=O)O)cc3)ncn2)n1. The largest absolute Gasteiger partial charge is 0.478 e. The second-order valence-electron chi connectivity index (χ2n) is 5.11. The molecule has 0 fully saturated rings. The Balaban J connectivity index is 1.85. The van der Waals surface area contributed by atoms with Gasteiger partial charge in [-0.25, -0.2) is 19.4 Å². The monoisotopic (exact) mass is 309 g/mol. The molecule has 2 N–H and O–H groups in total. The van der Waals surface area contributed by atoms with Crippen LogP contribution in [-0.2, 0) is 0 Å². The van der Waals surface area contributed by atoms with Crippen molar-refractivity contribution in [2.24, 2.45) is 0 Å². The summed E-state index contributed by atoms with van der Waals surface area (Å²) < 4.78 is 1.75. The number of hydrogen-bond donors (Lipinski definition) is 2. The fourth-order valence-electron chi connectivity index (χ4n) is 2.24. The average molecular weight is 309 g/mol. The summed E-state index contributed by atoms with van der Waals surface area (Å²) in [5, 5.41) is 16.4. The van der Waals surface area contributed by atoms with Gasteiger partial charge in [0.1, 0.15) is 12.1 Å². The highest BCUT2D eigenvalue weighted by molar-refractivity contribution is 5.88. The molecule has 0 bridgehead atoms. The molecule has 2 heterocycles.